The molecule has 0 heterocycles. The van der Waals surface area contributed by atoms with Gasteiger partial charge in [-0.1, -0.05) is 100 Å². The number of hydrogen-bond acceptors (Lipinski definition) is 2. The number of carbonyl (C=O) groups is 1. The number of carbonyl (C=O) groups excluding carboxylic acids is 1. The SMILES string of the molecule is CCCCCCCCCCOc1ccc(C=CC(=O)c2ccccc2)cc1. The van der Waals surface area contributed by atoms with Crippen LogP contribution in [0, 0.1) is 0 Å². The van der Waals surface area contributed by atoms with Gasteiger partial charge in [-0.15, -0.1) is 0 Å². The van der Waals surface area contributed by atoms with E-state index in [1.165, 1.54) is 44.9 Å². The molecule has 0 saturated carbocycles. The highest BCUT2D eigenvalue weighted by molar-refractivity contribution is 6.06. The Balaban J connectivity index is 1.63. The largest absolute Gasteiger partial charge is 0.494 e. The maximum absolute atomic E-state index is 12.1. The summed E-state index contributed by atoms with van der Waals surface area (Å²) in [5.74, 6) is 0.912. The van der Waals surface area contributed by atoms with Crippen molar-refractivity contribution >= 4 is 11.9 Å². The monoisotopic (exact) mass is 364 g/mol. The van der Waals surface area contributed by atoms with Crippen LogP contribution < -0.4 is 4.74 Å². The Morgan fingerprint density at radius 2 is 1.44 bits per heavy atom. The van der Waals surface area contributed by atoms with Crippen LogP contribution in [0.5, 0.6) is 5.75 Å². The van der Waals surface area contributed by atoms with E-state index in [0.717, 1.165) is 24.3 Å². The van der Waals surface area contributed by atoms with E-state index in [0.29, 0.717) is 5.56 Å². The van der Waals surface area contributed by atoms with Crippen molar-refractivity contribution in [1.29, 1.82) is 0 Å². The van der Waals surface area contributed by atoms with Gasteiger partial charge in [-0.3, -0.25) is 4.79 Å². The molecule has 0 radical (unpaired) electrons. The van der Waals surface area contributed by atoms with Crippen molar-refractivity contribution in [2.45, 2.75) is 58.3 Å². The molecule has 0 aliphatic heterocycles. The van der Waals surface area contributed by atoms with E-state index < -0.39 is 0 Å². The van der Waals surface area contributed by atoms with Gasteiger partial charge in [0, 0.05) is 5.56 Å². The summed E-state index contributed by atoms with van der Waals surface area (Å²) in [5, 5.41) is 0. The van der Waals surface area contributed by atoms with Gasteiger partial charge in [-0.25, -0.2) is 0 Å². The minimum absolute atomic E-state index is 0.0191. The van der Waals surface area contributed by atoms with Crippen LogP contribution in [-0.2, 0) is 0 Å². The second kappa shape index (κ2) is 12.9. The molecular weight excluding hydrogens is 332 g/mol. The van der Waals surface area contributed by atoms with E-state index in [1.807, 2.05) is 60.7 Å². The summed E-state index contributed by atoms with van der Waals surface area (Å²) in [5.41, 5.74) is 1.71. The van der Waals surface area contributed by atoms with Gasteiger partial charge in [0.1, 0.15) is 5.75 Å². The molecular formula is C25H32O2. The first-order valence-corrected chi connectivity index (χ1v) is 10.3. The van der Waals surface area contributed by atoms with Crippen LogP contribution in [0.2, 0.25) is 0 Å². The predicted molar refractivity (Wildman–Crippen MR) is 114 cm³/mol. The van der Waals surface area contributed by atoms with Gasteiger partial charge in [0.2, 0.25) is 0 Å². The van der Waals surface area contributed by atoms with Gasteiger partial charge in [0.25, 0.3) is 0 Å². The molecule has 2 heteroatoms. The molecule has 0 bridgehead atoms. The Labute approximate surface area is 164 Å². The molecule has 0 aliphatic carbocycles. The minimum Gasteiger partial charge on any atom is -0.494 e. The maximum atomic E-state index is 12.1. The number of ether oxygens (including phenoxy) is 1. The number of ketones is 1. The Morgan fingerprint density at radius 3 is 2.11 bits per heavy atom. The number of benzene rings is 2. The molecule has 0 saturated heterocycles. The second-order valence-corrected chi connectivity index (χ2v) is 6.96. The normalized spacial score (nSPS) is 11.0. The zero-order chi connectivity index (χ0) is 19.2. The van der Waals surface area contributed by atoms with Gasteiger partial charge in [-0.05, 0) is 30.2 Å². The molecule has 2 nitrogen and oxygen atoms in total. The summed E-state index contributed by atoms with van der Waals surface area (Å²) in [4.78, 5) is 12.1. The van der Waals surface area contributed by atoms with E-state index in [1.54, 1.807) is 6.08 Å². The van der Waals surface area contributed by atoms with E-state index in [-0.39, 0.29) is 5.78 Å². The molecule has 0 N–H and O–H groups in total. The Kier molecular flexibility index (Phi) is 10.0. The minimum atomic E-state index is 0.0191. The molecule has 0 atom stereocenters. The van der Waals surface area contributed by atoms with Crippen LogP contribution in [0.3, 0.4) is 0 Å². The Bertz CT molecular complexity index is 671. The first kappa shape index (κ1) is 21.0. The summed E-state index contributed by atoms with van der Waals surface area (Å²) in [6.07, 6.45) is 13.9. The van der Waals surface area contributed by atoms with Crippen LogP contribution >= 0.6 is 0 Å². The summed E-state index contributed by atoms with van der Waals surface area (Å²) in [6, 6.07) is 17.2. The van der Waals surface area contributed by atoms with Crippen LogP contribution in [-0.4, -0.2) is 12.4 Å². The number of allylic oxidation sites excluding steroid dienone is 1. The summed E-state index contributed by atoms with van der Waals surface area (Å²) in [7, 11) is 0. The van der Waals surface area contributed by atoms with Crippen LogP contribution in [0.15, 0.2) is 60.7 Å². The van der Waals surface area contributed by atoms with Gasteiger partial charge in [0.15, 0.2) is 5.78 Å². The predicted octanol–water partition coefficient (Wildman–Crippen LogP) is 7.10. The van der Waals surface area contributed by atoms with Gasteiger partial charge in [0.05, 0.1) is 6.61 Å². The van der Waals surface area contributed by atoms with Crippen molar-refractivity contribution in [1.82, 2.24) is 0 Å². The summed E-state index contributed by atoms with van der Waals surface area (Å²) in [6.45, 7) is 3.03. The average molecular weight is 365 g/mol. The molecule has 2 aromatic carbocycles. The van der Waals surface area contributed by atoms with Gasteiger partial charge < -0.3 is 4.74 Å². The first-order chi connectivity index (χ1) is 13.3. The van der Waals surface area contributed by atoms with Gasteiger partial charge in [-0.2, -0.15) is 0 Å². The lowest BCUT2D eigenvalue weighted by atomic mass is 10.1. The molecule has 2 aromatic rings. The Hall–Kier alpha value is -2.35. The van der Waals surface area contributed by atoms with Gasteiger partial charge >= 0.3 is 0 Å². The van der Waals surface area contributed by atoms with E-state index in [9.17, 15) is 4.79 Å². The number of rotatable bonds is 13. The molecule has 144 valence electrons. The molecule has 0 aliphatic rings. The van der Waals surface area contributed by atoms with Crippen LogP contribution in [0.4, 0.5) is 0 Å². The van der Waals surface area contributed by atoms with Crippen molar-refractivity contribution in [3.63, 3.8) is 0 Å². The smallest absolute Gasteiger partial charge is 0.185 e. The highest BCUT2D eigenvalue weighted by Crippen LogP contribution is 2.15. The third kappa shape index (κ3) is 8.72. The molecule has 0 unspecified atom stereocenters. The molecule has 0 spiro atoms. The highest BCUT2D eigenvalue weighted by atomic mass is 16.5. The molecule has 0 fully saturated rings. The zero-order valence-corrected chi connectivity index (χ0v) is 16.5. The lowest BCUT2D eigenvalue weighted by Gasteiger charge is -2.06. The lowest BCUT2D eigenvalue weighted by Crippen LogP contribution is -1.97. The van der Waals surface area contributed by atoms with E-state index in [4.69, 9.17) is 4.74 Å². The van der Waals surface area contributed by atoms with Crippen molar-refractivity contribution in [2.24, 2.45) is 0 Å². The third-order valence-electron chi connectivity index (χ3n) is 4.63. The molecule has 2 rings (SSSR count). The highest BCUT2D eigenvalue weighted by Gasteiger charge is 2.00. The third-order valence-corrected chi connectivity index (χ3v) is 4.63. The van der Waals surface area contributed by atoms with Crippen LogP contribution in [0.1, 0.15) is 74.2 Å². The fourth-order valence-electron chi connectivity index (χ4n) is 2.97. The number of unbranched alkanes of at least 4 members (excludes halogenated alkanes) is 7. The quantitative estimate of drug-likeness (QED) is 0.215. The van der Waals surface area contributed by atoms with E-state index in [2.05, 4.69) is 6.92 Å². The second-order valence-electron chi connectivity index (χ2n) is 6.96. The van der Waals surface area contributed by atoms with Crippen molar-refractivity contribution in [2.75, 3.05) is 6.61 Å². The fraction of sp³-hybridized carbons (Fsp3) is 0.400. The van der Waals surface area contributed by atoms with Crippen molar-refractivity contribution in [3.8, 4) is 5.75 Å². The summed E-state index contributed by atoms with van der Waals surface area (Å²) < 4.78 is 5.81. The maximum Gasteiger partial charge on any atom is 0.185 e. The average Bonchev–Trinajstić information content (AvgIpc) is 2.72. The Morgan fingerprint density at radius 1 is 0.815 bits per heavy atom. The fourth-order valence-corrected chi connectivity index (χ4v) is 2.97. The number of hydrogen-bond donors (Lipinski definition) is 0. The molecule has 0 aromatic heterocycles. The zero-order valence-electron chi connectivity index (χ0n) is 16.5. The standard InChI is InChI=1S/C25H32O2/c1-2-3-4-5-6-7-8-12-21-27-24-18-15-22(16-19-24)17-20-25(26)23-13-10-9-11-14-23/h9-11,13-20H,2-8,12,21H2,1H3. The van der Waals surface area contributed by atoms with Crippen molar-refractivity contribution in [3.05, 3.63) is 71.8 Å². The molecule has 27 heavy (non-hydrogen) atoms. The molecule has 0 amide bonds. The first-order valence-electron chi connectivity index (χ1n) is 10.3. The lowest BCUT2D eigenvalue weighted by molar-refractivity contribution is 0.104. The topological polar surface area (TPSA) is 26.3 Å². The summed E-state index contributed by atoms with van der Waals surface area (Å²) >= 11 is 0. The van der Waals surface area contributed by atoms with E-state index >= 15 is 0 Å². The van der Waals surface area contributed by atoms with Crippen molar-refractivity contribution < 1.29 is 9.53 Å². The van der Waals surface area contributed by atoms with Crippen LogP contribution in [0.25, 0.3) is 6.08 Å².